The van der Waals surface area contributed by atoms with Crippen molar-refractivity contribution in [3.63, 3.8) is 0 Å². The first kappa shape index (κ1) is 10.6. The smallest absolute Gasteiger partial charge is 0.150 e. The van der Waals surface area contributed by atoms with Crippen molar-refractivity contribution in [1.29, 1.82) is 0 Å². The number of hydrogen-bond acceptors (Lipinski definition) is 3. The van der Waals surface area contributed by atoms with Gasteiger partial charge in [0.2, 0.25) is 0 Å². The van der Waals surface area contributed by atoms with Crippen LogP contribution in [0.5, 0.6) is 0 Å². The van der Waals surface area contributed by atoms with E-state index in [9.17, 15) is 0 Å². The molecular formula is C11H20N4. The van der Waals surface area contributed by atoms with E-state index < -0.39 is 0 Å². The third-order valence-corrected chi connectivity index (χ3v) is 2.90. The molecule has 0 spiro atoms. The molecule has 2 heterocycles. The van der Waals surface area contributed by atoms with E-state index >= 15 is 0 Å². The lowest BCUT2D eigenvalue weighted by Crippen LogP contribution is -2.35. The van der Waals surface area contributed by atoms with Gasteiger partial charge in [-0.3, -0.25) is 0 Å². The minimum Gasteiger partial charge on any atom is -0.312 e. The van der Waals surface area contributed by atoms with Crippen molar-refractivity contribution in [3.8, 4) is 0 Å². The van der Waals surface area contributed by atoms with Gasteiger partial charge < -0.3 is 9.88 Å². The van der Waals surface area contributed by atoms with Crippen molar-refractivity contribution >= 4 is 0 Å². The Morgan fingerprint density at radius 2 is 2.13 bits per heavy atom. The van der Waals surface area contributed by atoms with E-state index in [1.807, 2.05) is 0 Å². The SMILES string of the molecule is CCC1NCCn2c1nnc2C(C)(C)C. The Hall–Kier alpha value is -0.900. The highest BCUT2D eigenvalue weighted by Crippen LogP contribution is 2.26. The Balaban J connectivity index is 2.42. The van der Waals surface area contributed by atoms with Crippen molar-refractivity contribution in [2.75, 3.05) is 6.54 Å². The standard InChI is InChI=1S/C11H20N4/c1-5-8-9-13-14-10(11(2,3)4)15(9)7-6-12-8/h8,12H,5-7H2,1-4H3. The lowest BCUT2D eigenvalue weighted by molar-refractivity contribution is 0.385. The third-order valence-electron chi connectivity index (χ3n) is 2.90. The predicted octanol–water partition coefficient (Wildman–Crippen LogP) is 1.63. The largest absolute Gasteiger partial charge is 0.312 e. The fourth-order valence-corrected chi connectivity index (χ4v) is 2.12. The van der Waals surface area contributed by atoms with Crippen LogP contribution < -0.4 is 5.32 Å². The van der Waals surface area contributed by atoms with Crippen LogP contribution in [0.2, 0.25) is 0 Å². The molecule has 1 aliphatic rings. The second-order valence-corrected chi connectivity index (χ2v) is 5.20. The number of hydrogen-bond donors (Lipinski definition) is 1. The first-order valence-electron chi connectivity index (χ1n) is 5.71. The molecule has 1 atom stereocenters. The Morgan fingerprint density at radius 1 is 1.40 bits per heavy atom. The first-order chi connectivity index (χ1) is 7.04. The second kappa shape index (κ2) is 3.59. The lowest BCUT2D eigenvalue weighted by Gasteiger charge is -2.27. The Labute approximate surface area is 91.1 Å². The number of fused-ring (bicyclic) bond motifs is 1. The maximum absolute atomic E-state index is 4.34. The molecule has 84 valence electrons. The summed E-state index contributed by atoms with van der Waals surface area (Å²) in [7, 11) is 0. The van der Waals surface area contributed by atoms with Gasteiger partial charge >= 0.3 is 0 Å². The second-order valence-electron chi connectivity index (χ2n) is 5.20. The molecule has 4 nitrogen and oxygen atoms in total. The molecule has 0 saturated heterocycles. The van der Waals surface area contributed by atoms with E-state index in [4.69, 9.17) is 0 Å². The van der Waals surface area contributed by atoms with Crippen LogP contribution in [0.1, 0.15) is 51.8 Å². The molecule has 0 radical (unpaired) electrons. The summed E-state index contributed by atoms with van der Waals surface area (Å²) in [6.45, 7) is 10.8. The summed E-state index contributed by atoms with van der Waals surface area (Å²) in [5.41, 5.74) is 0.0842. The summed E-state index contributed by atoms with van der Waals surface area (Å²) in [6, 6.07) is 0.377. The Kier molecular flexibility index (Phi) is 2.54. The molecule has 1 N–H and O–H groups in total. The number of rotatable bonds is 1. The average molecular weight is 208 g/mol. The van der Waals surface area contributed by atoms with Crippen molar-refractivity contribution in [1.82, 2.24) is 20.1 Å². The summed E-state index contributed by atoms with van der Waals surface area (Å²) in [5.74, 6) is 2.21. The van der Waals surface area contributed by atoms with Gasteiger partial charge in [0.15, 0.2) is 0 Å². The topological polar surface area (TPSA) is 42.7 Å². The van der Waals surface area contributed by atoms with Crippen molar-refractivity contribution in [2.45, 2.75) is 52.1 Å². The Bertz CT molecular complexity index is 348. The van der Waals surface area contributed by atoms with Gasteiger partial charge in [-0.25, -0.2) is 0 Å². The van der Waals surface area contributed by atoms with Gasteiger partial charge in [0.1, 0.15) is 11.6 Å². The zero-order valence-corrected chi connectivity index (χ0v) is 10.0. The monoisotopic (exact) mass is 208 g/mol. The lowest BCUT2D eigenvalue weighted by atomic mass is 9.95. The Morgan fingerprint density at radius 3 is 2.73 bits per heavy atom. The summed E-state index contributed by atoms with van der Waals surface area (Å²) < 4.78 is 2.28. The van der Waals surface area contributed by atoms with E-state index in [0.717, 1.165) is 31.2 Å². The van der Waals surface area contributed by atoms with E-state index in [0.29, 0.717) is 6.04 Å². The van der Waals surface area contributed by atoms with Crippen LogP contribution in [0.25, 0.3) is 0 Å². The van der Waals surface area contributed by atoms with Crippen LogP contribution in [0.3, 0.4) is 0 Å². The van der Waals surface area contributed by atoms with Crippen LogP contribution >= 0.6 is 0 Å². The highest BCUT2D eigenvalue weighted by Gasteiger charge is 2.28. The zero-order valence-electron chi connectivity index (χ0n) is 10.0. The average Bonchev–Trinajstić information content (AvgIpc) is 2.59. The first-order valence-corrected chi connectivity index (χ1v) is 5.71. The van der Waals surface area contributed by atoms with Crippen LogP contribution in [-0.4, -0.2) is 21.3 Å². The molecule has 2 rings (SSSR count). The van der Waals surface area contributed by atoms with Crippen LogP contribution in [-0.2, 0) is 12.0 Å². The van der Waals surface area contributed by atoms with Gasteiger partial charge in [0.25, 0.3) is 0 Å². The fraction of sp³-hybridized carbons (Fsp3) is 0.818. The molecule has 1 aliphatic heterocycles. The van der Waals surface area contributed by atoms with Crippen LogP contribution in [0.15, 0.2) is 0 Å². The van der Waals surface area contributed by atoms with Gasteiger partial charge in [0.05, 0.1) is 6.04 Å². The molecule has 1 aromatic heterocycles. The van der Waals surface area contributed by atoms with Gasteiger partial charge in [-0.15, -0.1) is 10.2 Å². The maximum atomic E-state index is 4.34. The summed E-state index contributed by atoms with van der Waals surface area (Å²) in [5, 5.41) is 12.1. The highest BCUT2D eigenvalue weighted by atomic mass is 15.3. The summed E-state index contributed by atoms with van der Waals surface area (Å²) in [6.07, 6.45) is 1.07. The molecule has 15 heavy (non-hydrogen) atoms. The fourth-order valence-electron chi connectivity index (χ4n) is 2.12. The molecule has 0 aliphatic carbocycles. The van der Waals surface area contributed by atoms with Crippen molar-refractivity contribution < 1.29 is 0 Å². The van der Waals surface area contributed by atoms with Crippen LogP contribution in [0, 0.1) is 0 Å². The zero-order chi connectivity index (χ0) is 11.1. The predicted molar refractivity (Wildman–Crippen MR) is 59.8 cm³/mol. The molecule has 0 saturated carbocycles. The van der Waals surface area contributed by atoms with E-state index in [1.54, 1.807) is 0 Å². The minimum atomic E-state index is 0.0842. The minimum absolute atomic E-state index is 0.0842. The van der Waals surface area contributed by atoms with E-state index in [1.165, 1.54) is 0 Å². The van der Waals surface area contributed by atoms with Gasteiger partial charge in [-0.2, -0.15) is 0 Å². The molecule has 0 bridgehead atoms. The molecule has 0 amide bonds. The van der Waals surface area contributed by atoms with E-state index in [2.05, 4.69) is 47.8 Å². The van der Waals surface area contributed by atoms with Crippen molar-refractivity contribution in [3.05, 3.63) is 11.6 Å². The molecular weight excluding hydrogens is 188 g/mol. The summed E-state index contributed by atoms with van der Waals surface area (Å²) >= 11 is 0. The van der Waals surface area contributed by atoms with Crippen molar-refractivity contribution in [2.24, 2.45) is 0 Å². The molecule has 1 unspecified atom stereocenters. The quantitative estimate of drug-likeness (QED) is 0.762. The molecule has 1 aromatic rings. The molecule has 0 fully saturated rings. The normalized spacial score (nSPS) is 21.5. The summed E-state index contributed by atoms with van der Waals surface area (Å²) in [4.78, 5) is 0. The van der Waals surface area contributed by atoms with Gasteiger partial charge in [0, 0.05) is 18.5 Å². The molecule has 0 aromatic carbocycles. The van der Waals surface area contributed by atoms with Crippen LogP contribution in [0.4, 0.5) is 0 Å². The molecule has 4 heteroatoms. The number of aromatic nitrogens is 3. The number of nitrogens with one attached hydrogen (secondary N) is 1. The third kappa shape index (κ3) is 1.78. The highest BCUT2D eigenvalue weighted by molar-refractivity contribution is 5.10. The number of nitrogens with zero attached hydrogens (tertiary/aromatic N) is 3. The van der Waals surface area contributed by atoms with Gasteiger partial charge in [-0.1, -0.05) is 27.7 Å². The van der Waals surface area contributed by atoms with E-state index in [-0.39, 0.29) is 5.41 Å². The maximum Gasteiger partial charge on any atom is 0.150 e. The van der Waals surface area contributed by atoms with Gasteiger partial charge in [-0.05, 0) is 6.42 Å².